The van der Waals surface area contributed by atoms with Crippen LogP contribution in [0.5, 0.6) is 0 Å². The van der Waals surface area contributed by atoms with Gasteiger partial charge in [-0.15, -0.1) is 6.58 Å². The second-order valence-electron chi connectivity index (χ2n) is 2.22. The first-order valence-electron chi connectivity index (χ1n) is 3.43. The van der Waals surface area contributed by atoms with E-state index in [1.807, 2.05) is 13.0 Å². The van der Waals surface area contributed by atoms with Gasteiger partial charge in [-0.1, -0.05) is 12.2 Å². The molecule has 0 aromatic rings. The summed E-state index contributed by atoms with van der Waals surface area (Å²) < 4.78 is 0. The molecule has 0 bridgehead atoms. The van der Waals surface area contributed by atoms with Crippen molar-refractivity contribution in [3.8, 4) is 0 Å². The third-order valence-electron chi connectivity index (χ3n) is 1.50. The van der Waals surface area contributed by atoms with Crippen LogP contribution >= 0.6 is 0 Å². The molecule has 0 heterocycles. The van der Waals surface area contributed by atoms with Gasteiger partial charge in [-0.05, 0) is 25.8 Å². The lowest BCUT2D eigenvalue weighted by Gasteiger charge is -1.96. The smallest absolute Gasteiger partial charge is 0.0339 e. The Hall–Kier alpha value is -0.850. The van der Waals surface area contributed by atoms with Gasteiger partial charge in [0.1, 0.15) is 0 Å². The molecule has 0 saturated carbocycles. The van der Waals surface area contributed by atoms with Gasteiger partial charge in [-0.3, -0.25) is 4.99 Å². The third kappa shape index (κ3) is 3.23. The molecule has 56 valence electrons. The minimum absolute atomic E-state index is 0.929. The predicted molar refractivity (Wildman–Crippen MR) is 47.6 cm³/mol. The molecule has 0 saturated heterocycles. The quantitative estimate of drug-likeness (QED) is 0.419. The molecule has 0 aromatic carbocycles. The molecule has 1 nitrogen and oxygen atoms in total. The summed E-state index contributed by atoms with van der Waals surface area (Å²) in [6.45, 7) is 7.70. The maximum absolute atomic E-state index is 4.06. The molecule has 0 aliphatic rings. The molecule has 0 fully saturated rings. The van der Waals surface area contributed by atoms with Crippen molar-refractivity contribution in [1.29, 1.82) is 0 Å². The summed E-state index contributed by atoms with van der Waals surface area (Å²) in [5, 5.41) is 0. The maximum atomic E-state index is 4.06. The Morgan fingerprint density at radius 3 is 2.50 bits per heavy atom. The molecule has 0 unspecified atom stereocenters. The summed E-state index contributed by atoms with van der Waals surface area (Å²) in [6.07, 6.45) is 4.93. The van der Waals surface area contributed by atoms with E-state index >= 15 is 0 Å². The van der Waals surface area contributed by atoms with Crippen molar-refractivity contribution in [3.63, 3.8) is 0 Å². The van der Waals surface area contributed by atoms with E-state index in [-0.39, 0.29) is 0 Å². The first kappa shape index (κ1) is 9.15. The van der Waals surface area contributed by atoms with Crippen molar-refractivity contribution >= 4 is 5.71 Å². The highest BCUT2D eigenvalue weighted by molar-refractivity contribution is 5.97. The molecule has 0 radical (unpaired) electrons. The zero-order chi connectivity index (χ0) is 7.98. The van der Waals surface area contributed by atoms with E-state index in [0.717, 1.165) is 12.1 Å². The van der Waals surface area contributed by atoms with Gasteiger partial charge in [-0.2, -0.15) is 0 Å². The Morgan fingerprint density at radius 1 is 1.50 bits per heavy atom. The second-order valence-corrected chi connectivity index (χ2v) is 2.22. The van der Waals surface area contributed by atoms with Gasteiger partial charge in [0.05, 0.1) is 0 Å². The highest BCUT2D eigenvalue weighted by atomic mass is 14.7. The van der Waals surface area contributed by atoms with Gasteiger partial charge in [0, 0.05) is 12.8 Å². The summed E-state index contributed by atoms with van der Waals surface area (Å²) in [4.78, 5) is 4.06. The number of nitrogens with zero attached hydrogens (tertiary/aromatic N) is 1. The van der Waals surface area contributed by atoms with Crippen LogP contribution in [0.2, 0.25) is 0 Å². The molecule has 10 heavy (non-hydrogen) atoms. The molecule has 1 heteroatoms. The lowest BCUT2D eigenvalue weighted by Crippen LogP contribution is -1.91. The average molecular weight is 137 g/mol. The van der Waals surface area contributed by atoms with Gasteiger partial charge in [-0.25, -0.2) is 0 Å². The summed E-state index contributed by atoms with van der Waals surface area (Å²) in [5.41, 5.74) is 2.34. The van der Waals surface area contributed by atoms with Crippen LogP contribution in [-0.4, -0.2) is 12.8 Å². The minimum Gasteiger partial charge on any atom is -0.293 e. The molecule has 0 spiro atoms. The molecular weight excluding hydrogens is 122 g/mol. The van der Waals surface area contributed by atoms with Crippen LogP contribution in [0.3, 0.4) is 0 Å². The fourth-order valence-corrected chi connectivity index (χ4v) is 0.584. The van der Waals surface area contributed by atoms with Gasteiger partial charge in [0.15, 0.2) is 0 Å². The third-order valence-corrected chi connectivity index (χ3v) is 1.50. The highest BCUT2D eigenvalue weighted by Crippen LogP contribution is 1.98. The lowest BCUT2D eigenvalue weighted by molar-refractivity contribution is 1.32. The number of aliphatic imine (C=N–C) groups is 1. The molecule has 0 amide bonds. The molecule has 0 N–H and O–H groups in total. The van der Waals surface area contributed by atoms with E-state index in [0.29, 0.717) is 0 Å². The number of hydrogen-bond acceptors (Lipinski definition) is 1. The van der Waals surface area contributed by atoms with Crippen molar-refractivity contribution in [2.24, 2.45) is 4.99 Å². The van der Waals surface area contributed by atoms with Gasteiger partial charge >= 0.3 is 0 Å². The Morgan fingerprint density at radius 2 is 2.10 bits per heavy atom. The van der Waals surface area contributed by atoms with E-state index in [1.165, 1.54) is 5.57 Å². The van der Waals surface area contributed by atoms with Gasteiger partial charge < -0.3 is 0 Å². The van der Waals surface area contributed by atoms with Crippen LogP contribution in [0.15, 0.2) is 29.3 Å². The summed E-state index contributed by atoms with van der Waals surface area (Å²) in [5.74, 6) is 0. The second kappa shape index (κ2) is 4.98. The minimum atomic E-state index is 0.929. The van der Waals surface area contributed by atoms with E-state index in [4.69, 9.17) is 0 Å². The molecular formula is C9H15N. The average Bonchev–Trinajstić information content (AvgIpc) is 1.98. The molecule has 0 aromatic heterocycles. The van der Waals surface area contributed by atoms with Crippen LogP contribution in [0.1, 0.15) is 20.3 Å². The van der Waals surface area contributed by atoms with E-state index in [2.05, 4.69) is 24.6 Å². The van der Waals surface area contributed by atoms with Crippen molar-refractivity contribution in [3.05, 3.63) is 24.3 Å². The summed E-state index contributed by atoms with van der Waals surface area (Å²) >= 11 is 0. The Balaban J connectivity index is 4.05. The number of hydrogen-bond donors (Lipinski definition) is 0. The topological polar surface area (TPSA) is 12.4 Å². The molecule has 0 aliphatic heterocycles. The standard InChI is InChI=1S/C9H15N/c1-5-6-7-8(2)9(3)10-4/h5,7H,1,6H2,2-4H3. The number of rotatable bonds is 3. The largest absolute Gasteiger partial charge is 0.293 e. The van der Waals surface area contributed by atoms with Crippen LogP contribution in [0.25, 0.3) is 0 Å². The van der Waals surface area contributed by atoms with Crippen LogP contribution in [-0.2, 0) is 0 Å². The van der Waals surface area contributed by atoms with E-state index in [9.17, 15) is 0 Å². The zero-order valence-corrected chi connectivity index (χ0v) is 7.02. The van der Waals surface area contributed by atoms with Crippen LogP contribution in [0.4, 0.5) is 0 Å². The van der Waals surface area contributed by atoms with Crippen molar-refractivity contribution in [1.82, 2.24) is 0 Å². The van der Waals surface area contributed by atoms with E-state index in [1.54, 1.807) is 7.05 Å². The monoisotopic (exact) mass is 137 g/mol. The molecule has 0 rings (SSSR count). The predicted octanol–water partition coefficient (Wildman–Crippen LogP) is 2.60. The Kier molecular flexibility index (Phi) is 4.55. The van der Waals surface area contributed by atoms with Crippen molar-refractivity contribution in [2.75, 3.05) is 7.05 Å². The van der Waals surface area contributed by atoms with Crippen molar-refractivity contribution in [2.45, 2.75) is 20.3 Å². The lowest BCUT2D eigenvalue weighted by atomic mass is 10.1. The van der Waals surface area contributed by atoms with Crippen molar-refractivity contribution < 1.29 is 0 Å². The first-order chi connectivity index (χ1) is 4.72. The maximum Gasteiger partial charge on any atom is 0.0339 e. The molecule has 0 atom stereocenters. The van der Waals surface area contributed by atoms with Crippen LogP contribution in [0, 0.1) is 0 Å². The first-order valence-corrected chi connectivity index (χ1v) is 3.43. The fourth-order valence-electron chi connectivity index (χ4n) is 0.584. The normalized spacial score (nSPS) is 13.5. The Bertz CT molecular complexity index is 164. The van der Waals surface area contributed by atoms with Gasteiger partial charge in [0.2, 0.25) is 0 Å². The fraction of sp³-hybridized carbons (Fsp3) is 0.444. The zero-order valence-electron chi connectivity index (χ0n) is 7.02. The SMILES string of the molecule is C=CCC=C(C)C(C)=NC. The molecule has 0 aliphatic carbocycles. The van der Waals surface area contributed by atoms with Gasteiger partial charge in [0.25, 0.3) is 0 Å². The highest BCUT2D eigenvalue weighted by Gasteiger charge is 1.89. The summed E-state index contributed by atoms with van der Waals surface area (Å²) in [6, 6.07) is 0. The van der Waals surface area contributed by atoms with Crippen LogP contribution < -0.4 is 0 Å². The van der Waals surface area contributed by atoms with E-state index < -0.39 is 0 Å². The summed E-state index contributed by atoms with van der Waals surface area (Å²) in [7, 11) is 1.81. The number of allylic oxidation sites excluding steroid dienone is 3. The Labute approximate surface area is 63.2 Å².